The van der Waals surface area contributed by atoms with E-state index in [2.05, 4.69) is 48.1 Å². The van der Waals surface area contributed by atoms with E-state index in [-0.39, 0.29) is 0 Å². The third kappa shape index (κ3) is 2.42. The standard InChI is InChI=1S/C17H24N2/c1-13-15-9-5-6-10-16(15)19(2)17(13)12-18-11-14-7-3-4-8-14/h5-6,9-10,14,18H,3-4,7-8,11-12H2,1-2H3. The zero-order chi connectivity index (χ0) is 13.2. The number of rotatable bonds is 4. The van der Waals surface area contributed by atoms with Crippen LogP contribution in [0.1, 0.15) is 36.9 Å². The van der Waals surface area contributed by atoms with Crippen molar-refractivity contribution >= 4 is 10.9 Å². The molecule has 1 N–H and O–H groups in total. The molecule has 0 radical (unpaired) electrons. The molecule has 2 aromatic rings. The van der Waals surface area contributed by atoms with Crippen molar-refractivity contribution < 1.29 is 0 Å². The maximum Gasteiger partial charge on any atom is 0.0483 e. The zero-order valence-corrected chi connectivity index (χ0v) is 12.1. The Labute approximate surface area is 115 Å². The van der Waals surface area contributed by atoms with Crippen molar-refractivity contribution in [3.63, 3.8) is 0 Å². The lowest BCUT2D eigenvalue weighted by atomic mass is 10.1. The minimum atomic E-state index is 0.912. The third-order valence-electron chi connectivity index (χ3n) is 4.71. The van der Waals surface area contributed by atoms with E-state index in [4.69, 9.17) is 0 Å². The Morgan fingerprint density at radius 1 is 1.21 bits per heavy atom. The summed E-state index contributed by atoms with van der Waals surface area (Å²) in [5.41, 5.74) is 4.20. The molecule has 0 bridgehead atoms. The summed E-state index contributed by atoms with van der Waals surface area (Å²) in [7, 11) is 2.18. The Morgan fingerprint density at radius 2 is 1.95 bits per heavy atom. The Kier molecular flexibility index (Phi) is 3.61. The molecular formula is C17H24N2. The predicted octanol–water partition coefficient (Wildman–Crippen LogP) is 3.77. The number of nitrogens with zero attached hydrogens (tertiary/aromatic N) is 1. The molecule has 1 saturated carbocycles. The molecule has 1 aromatic heterocycles. The molecule has 1 fully saturated rings. The highest BCUT2D eigenvalue weighted by Gasteiger charge is 2.15. The van der Waals surface area contributed by atoms with Crippen LogP contribution in [0, 0.1) is 12.8 Å². The second-order valence-electron chi connectivity index (χ2n) is 5.93. The fourth-order valence-electron chi connectivity index (χ4n) is 3.50. The molecule has 2 nitrogen and oxygen atoms in total. The van der Waals surface area contributed by atoms with Crippen LogP contribution in [-0.2, 0) is 13.6 Å². The molecular weight excluding hydrogens is 232 g/mol. The van der Waals surface area contributed by atoms with Crippen LogP contribution in [0.25, 0.3) is 10.9 Å². The number of fused-ring (bicyclic) bond motifs is 1. The summed E-state index contributed by atoms with van der Waals surface area (Å²) in [5.74, 6) is 0.912. The topological polar surface area (TPSA) is 17.0 Å². The highest BCUT2D eigenvalue weighted by Crippen LogP contribution is 2.26. The molecule has 1 heterocycles. The smallest absolute Gasteiger partial charge is 0.0483 e. The molecule has 2 heteroatoms. The Hall–Kier alpha value is -1.28. The van der Waals surface area contributed by atoms with Crippen molar-refractivity contribution in [2.45, 2.75) is 39.2 Å². The molecule has 102 valence electrons. The van der Waals surface area contributed by atoms with Crippen LogP contribution < -0.4 is 5.32 Å². The number of benzene rings is 1. The molecule has 0 aliphatic heterocycles. The SMILES string of the molecule is Cc1c(CNCC2CCCC2)n(C)c2ccccc12. The van der Waals surface area contributed by atoms with E-state index >= 15 is 0 Å². The minimum Gasteiger partial charge on any atom is -0.346 e. The van der Waals surface area contributed by atoms with Crippen molar-refractivity contribution in [2.24, 2.45) is 13.0 Å². The lowest BCUT2D eigenvalue weighted by molar-refractivity contribution is 0.484. The van der Waals surface area contributed by atoms with Gasteiger partial charge in [-0.2, -0.15) is 0 Å². The number of para-hydroxylation sites is 1. The molecule has 0 amide bonds. The van der Waals surface area contributed by atoms with Crippen molar-refractivity contribution in [2.75, 3.05) is 6.54 Å². The summed E-state index contributed by atoms with van der Waals surface area (Å²) in [5, 5.41) is 5.06. The molecule has 19 heavy (non-hydrogen) atoms. The summed E-state index contributed by atoms with van der Waals surface area (Å²) in [6, 6.07) is 8.69. The molecule has 0 saturated heterocycles. The fourth-order valence-corrected chi connectivity index (χ4v) is 3.50. The maximum absolute atomic E-state index is 3.67. The maximum atomic E-state index is 3.67. The van der Waals surface area contributed by atoms with Crippen molar-refractivity contribution in [1.29, 1.82) is 0 Å². The van der Waals surface area contributed by atoms with Gasteiger partial charge >= 0.3 is 0 Å². The van der Waals surface area contributed by atoms with Gasteiger partial charge in [0.25, 0.3) is 0 Å². The minimum absolute atomic E-state index is 0.912. The quantitative estimate of drug-likeness (QED) is 0.881. The summed E-state index contributed by atoms with van der Waals surface area (Å²) in [6.45, 7) is 4.42. The molecule has 0 unspecified atom stereocenters. The molecule has 3 rings (SSSR count). The van der Waals surface area contributed by atoms with Gasteiger partial charge in [0.2, 0.25) is 0 Å². The summed E-state index contributed by atoms with van der Waals surface area (Å²) in [4.78, 5) is 0. The third-order valence-corrected chi connectivity index (χ3v) is 4.71. The molecule has 0 atom stereocenters. The Bertz CT molecular complexity index is 523. The highest BCUT2D eigenvalue weighted by molar-refractivity contribution is 5.85. The second kappa shape index (κ2) is 5.38. The van der Waals surface area contributed by atoms with Crippen molar-refractivity contribution in [1.82, 2.24) is 9.88 Å². The van der Waals surface area contributed by atoms with Crippen LogP contribution >= 0.6 is 0 Å². The van der Waals surface area contributed by atoms with Crippen LogP contribution in [-0.4, -0.2) is 11.1 Å². The first-order valence-corrected chi connectivity index (χ1v) is 7.51. The van der Waals surface area contributed by atoms with Gasteiger partial charge in [0, 0.05) is 30.2 Å². The molecule has 1 aliphatic rings. The highest BCUT2D eigenvalue weighted by atomic mass is 15.0. The van der Waals surface area contributed by atoms with E-state index in [0.717, 1.165) is 12.5 Å². The molecule has 0 spiro atoms. The van der Waals surface area contributed by atoms with Crippen LogP contribution in [0.15, 0.2) is 24.3 Å². The largest absolute Gasteiger partial charge is 0.346 e. The van der Waals surface area contributed by atoms with E-state index in [1.165, 1.54) is 54.4 Å². The van der Waals surface area contributed by atoms with Gasteiger partial charge in [-0.05, 0) is 43.9 Å². The normalized spacial score (nSPS) is 16.5. The monoisotopic (exact) mass is 256 g/mol. The summed E-state index contributed by atoms with van der Waals surface area (Å²) >= 11 is 0. The van der Waals surface area contributed by atoms with E-state index in [1.807, 2.05) is 0 Å². The molecule has 1 aromatic carbocycles. The van der Waals surface area contributed by atoms with Crippen LogP contribution in [0.3, 0.4) is 0 Å². The van der Waals surface area contributed by atoms with Gasteiger partial charge in [-0.3, -0.25) is 0 Å². The number of aryl methyl sites for hydroxylation is 2. The van der Waals surface area contributed by atoms with Crippen LogP contribution in [0.2, 0.25) is 0 Å². The van der Waals surface area contributed by atoms with Gasteiger partial charge in [-0.25, -0.2) is 0 Å². The van der Waals surface area contributed by atoms with E-state index in [1.54, 1.807) is 0 Å². The predicted molar refractivity (Wildman–Crippen MR) is 81.3 cm³/mol. The van der Waals surface area contributed by atoms with E-state index in [9.17, 15) is 0 Å². The average Bonchev–Trinajstić information content (AvgIpc) is 3.02. The van der Waals surface area contributed by atoms with Gasteiger partial charge in [-0.15, -0.1) is 0 Å². The van der Waals surface area contributed by atoms with E-state index < -0.39 is 0 Å². The van der Waals surface area contributed by atoms with E-state index in [0.29, 0.717) is 0 Å². The van der Waals surface area contributed by atoms with Gasteiger partial charge in [0.05, 0.1) is 0 Å². The van der Waals surface area contributed by atoms with Crippen molar-refractivity contribution in [3.8, 4) is 0 Å². The van der Waals surface area contributed by atoms with Gasteiger partial charge in [-0.1, -0.05) is 31.0 Å². The zero-order valence-electron chi connectivity index (χ0n) is 12.1. The summed E-state index contributed by atoms with van der Waals surface area (Å²) in [6.07, 6.45) is 5.70. The van der Waals surface area contributed by atoms with Gasteiger partial charge in [0.15, 0.2) is 0 Å². The number of aromatic nitrogens is 1. The van der Waals surface area contributed by atoms with Crippen LogP contribution in [0.5, 0.6) is 0 Å². The second-order valence-corrected chi connectivity index (χ2v) is 5.93. The van der Waals surface area contributed by atoms with Crippen molar-refractivity contribution in [3.05, 3.63) is 35.5 Å². The van der Waals surface area contributed by atoms with Gasteiger partial charge in [0.1, 0.15) is 0 Å². The lowest BCUT2D eigenvalue weighted by Gasteiger charge is -2.12. The fraction of sp³-hybridized carbons (Fsp3) is 0.529. The summed E-state index contributed by atoms with van der Waals surface area (Å²) < 4.78 is 2.34. The first-order valence-electron chi connectivity index (χ1n) is 7.51. The number of nitrogens with one attached hydrogen (secondary N) is 1. The number of hydrogen-bond acceptors (Lipinski definition) is 1. The number of hydrogen-bond donors (Lipinski definition) is 1. The molecule has 1 aliphatic carbocycles. The Balaban J connectivity index is 1.73. The lowest BCUT2D eigenvalue weighted by Crippen LogP contribution is -2.22. The first kappa shape index (κ1) is 12.7. The van der Waals surface area contributed by atoms with Gasteiger partial charge < -0.3 is 9.88 Å². The average molecular weight is 256 g/mol. The first-order chi connectivity index (χ1) is 9.27. The van der Waals surface area contributed by atoms with Crippen LogP contribution in [0.4, 0.5) is 0 Å². The Morgan fingerprint density at radius 3 is 2.68 bits per heavy atom.